The summed E-state index contributed by atoms with van der Waals surface area (Å²) in [6, 6.07) is 2.85. The van der Waals surface area contributed by atoms with Crippen LogP contribution in [-0.4, -0.2) is 39.0 Å². The predicted octanol–water partition coefficient (Wildman–Crippen LogP) is 2.43. The molecule has 23 heavy (non-hydrogen) atoms. The van der Waals surface area contributed by atoms with Crippen LogP contribution in [0.25, 0.3) is 0 Å². The molecule has 1 aromatic carbocycles. The Balaban J connectivity index is 3.38. The molecule has 0 spiro atoms. The van der Waals surface area contributed by atoms with Gasteiger partial charge in [0.2, 0.25) is 10.0 Å². The van der Waals surface area contributed by atoms with Gasteiger partial charge in [0, 0.05) is 25.2 Å². The first-order chi connectivity index (χ1) is 10.9. The summed E-state index contributed by atoms with van der Waals surface area (Å²) in [5, 5.41) is 0. The van der Waals surface area contributed by atoms with E-state index in [-0.39, 0.29) is 23.8 Å². The number of hydrogen-bond donors (Lipinski definition) is 1. The summed E-state index contributed by atoms with van der Waals surface area (Å²) in [5.41, 5.74) is 6.05. The van der Waals surface area contributed by atoms with Crippen molar-refractivity contribution in [1.82, 2.24) is 4.31 Å². The van der Waals surface area contributed by atoms with Gasteiger partial charge in [-0.05, 0) is 0 Å². The van der Waals surface area contributed by atoms with Crippen molar-refractivity contribution >= 4 is 15.7 Å². The quantitative estimate of drug-likeness (QED) is 0.522. The van der Waals surface area contributed by atoms with E-state index in [9.17, 15) is 8.42 Å². The van der Waals surface area contributed by atoms with Crippen LogP contribution in [0.4, 0.5) is 5.69 Å². The van der Waals surface area contributed by atoms with E-state index in [1.807, 2.05) is 0 Å². The summed E-state index contributed by atoms with van der Waals surface area (Å²) in [7, 11) is -3.69. The zero-order valence-electron chi connectivity index (χ0n) is 13.6. The van der Waals surface area contributed by atoms with Crippen molar-refractivity contribution < 1.29 is 17.9 Å². The van der Waals surface area contributed by atoms with Gasteiger partial charge in [0.05, 0.1) is 5.69 Å². The Kier molecular flexibility index (Phi) is 7.12. The molecule has 2 N–H and O–H groups in total. The lowest BCUT2D eigenvalue weighted by Crippen LogP contribution is -2.31. The number of ether oxygens (including phenoxy) is 2. The van der Waals surface area contributed by atoms with Crippen LogP contribution in [-0.2, 0) is 10.0 Å². The molecule has 0 amide bonds. The number of hydrogen-bond acceptors (Lipinski definition) is 5. The molecule has 0 aliphatic rings. The van der Waals surface area contributed by atoms with Gasteiger partial charge in [0.1, 0.15) is 18.1 Å². The number of nitrogen functional groups attached to an aromatic ring is 1. The second kappa shape index (κ2) is 8.59. The summed E-state index contributed by atoms with van der Waals surface area (Å²) in [5.74, 6) is 0.662. The third-order valence-electron chi connectivity index (χ3n) is 3.11. The Morgan fingerprint density at radius 3 is 2.00 bits per heavy atom. The van der Waals surface area contributed by atoms with Crippen molar-refractivity contribution in [3.05, 3.63) is 37.4 Å². The minimum atomic E-state index is -3.69. The van der Waals surface area contributed by atoms with Crippen molar-refractivity contribution in [3.8, 4) is 11.5 Å². The number of benzene rings is 1. The van der Waals surface area contributed by atoms with E-state index in [4.69, 9.17) is 15.2 Å². The summed E-state index contributed by atoms with van der Waals surface area (Å²) in [6.45, 7) is 11.9. The highest BCUT2D eigenvalue weighted by Crippen LogP contribution is 2.36. The highest BCUT2D eigenvalue weighted by molar-refractivity contribution is 7.89. The van der Waals surface area contributed by atoms with Gasteiger partial charge in [0.15, 0.2) is 11.5 Å². The first-order valence-electron chi connectivity index (χ1n) is 7.33. The van der Waals surface area contributed by atoms with Crippen LogP contribution in [0.2, 0.25) is 0 Å². The molecule has 0 heterocycles. The van der Waals surface area contributed by atoms with Gasteiger partial charge in [0.25, 0.3) is 0 Å². The molecule has 0 saturated carbocycles. The molecule has 0 bridgehead atoms. The fraction of sp³-hybridized carbons (Fsp3) is 0.375. The van der Waals surface area contributed by atoms with Crippen LogP contribution in [0.15, 0.2) is 42.3 Å². The molecule has 0 aliphatic heterocycles. The zero-order chi connectivity index (χ0) is 17.5. The smallest absolute Gasteiger partial charge is 0.245 e. The molecule has 6 nitrogen and oxygen atoms in total. The summed E-state index contributed by atoms with van der Waals surface area (Å²) in [4.78, 5) is 0.00575. The molecule has 1 aromatic rings. The van der Waals surface area contributed by atoms with Crippen LogP contribution in [0.3, 0.4) is 0 Å². The lowest BCUT2D eigenvalue weighted by Gasteiger charge is -2.21. The van der Waals surface area contributed by atoms with E-state index in [1.54, 1.807) is 26.0 Å². The minimum Gasteiger partial charge on any atom is -0.486 e. The fourth-order valence-electron chi connectivity index (χ4n) is 2.01. The van der Waals surface area contributed by atoms with Crippen LogP contribution in [0.5, 0.6) is 11.5 Å². The van der Waals surface area contributed by atoms with Crippen molar-refractivity contribution in [1.29, 1.82) is 0 Å². The van der Waals surface area contributed by atoms with Crippen molar-refractivity contribution in [2.45, 2.75) is 18.7 Å². The Morgan fingerprint density at radius 2 is 1.57 bits per heavy atom. The molecule has 0 aromatic heterocycles. The third-order valence-corrected chi connectivity index (χ3v) is 5.22. The lowest BCUT2D eigenvalue weighted by atomic mass is 10.3. The second-order valence-electron chi connectivity index (χ2n) is 4.63. The normalized spacial score (nSPS) is 11.3. The van der Waals surface area contributed by atoms with E-state index < -0.39 is 10.0 Å². The van der Waals surface area contributed by atoms with E-state index in [1.165, 1.54) is 16.4 Å². The van der Waals surface area contributed by atoms with Crippen LogP contribution in [0, 0.1) is 0 Å². The highest BCUT2D eigenvalue weighted by atomic mass is 32.2. The maximum Gasteiger partial charge on any atom is 0.245 e. The largest absolute Gasteiger partial charge is 0.486 e. The molecule has 0 aliphatic carbocycles. The van der Waals surface area contributed by atoms with E-state index in [0.717, 1.165) is 0 Å². The third kappa shape index (κ3) is 4.49. The van der Waals surface area contributed by atoms with Gasteiger partial charge in [-0.1, -0.05) is 39.2 Å². The number of nitrogens with two attached hydrogens (primary N) is 1. The first kappa shape index (κ1) is 19.1. The van der Waals surface area contributed by atoms with Crippen LogP contribution in [0.1, 0.15) is 13.8 Å². The van der Waals surface area contributed by atoms with Gasteiger partial charge in [-0.2, -0.15) is 4.31 Å². The van der Waals surface area contributed by atoms with Crippen molar-refractivity contribution in [2.75, 3.05) is 32.0 Å². The Bertz CT molecular complexity index is 652. The molecule has 7 heteroatoms. The Labute approximate surface area is 138 Å². The topological polar surface area (TPSA) is 81.9 Å². The molecular weight excluding hydrogens is 316 g/mol. The molecule has 0 unspecified atom stereocenters. The molecular formula is C16H24N2O4S. The second-order valence-corrected chi connectivity index (χ2v) is 6.53. The monoisotopic (exact) mass is 340 g/mol. The average molecular weight is 340 g/mol. The number of nitrogens with zero attached hydrogens (tertiary/aromatic N) is 1. The van der Waals surface area contributed by atoms with Gasteiger partial charge in [-0.3, -0.25) is 0 Å². The Hall–Kier alpha value is -1.99. The van der Waals surface area contributed by atoms with E-state index >= 15 is 0 Å². The van der Waals surface area contributed by atoms with E-state index in [0.29, 0.717) is 24.6 Å². The average Bonchev–Trinajstić information content (AvgIpc) is 2.52. The molecule has 0 saturated heterocycles. The molecule has 0 fully saturated rings. The lowest BCUT2D eigenvalue weighted by molar-refractivity contribution is 0.307. The minimum absolute atomic E-state index is 0.00575. The van der Waals surface area contributed by atoms with Gasteiger partial charge >= 0.3 is 0 Å². The van der Waals surface area contributed by atoms with Crippen molar-refractivity contribution in [3.63, 3.8) is 0 Å². The summed E-state index contributed by atoms with van der Waals surface area (Å²) in [6.07, 6.45) is 3.14. The fourth-order valence-corrected chi connectivity index (χ4v) is 3.58. The Morgan fingerprint density at radius 1 is 1.09 bits per heavy atom. The predicted molar refractivity (Wildman–Crippen MR) is 92.3 cm³/mol. The maximum absolute atomic E-state index is 12.7. The zero-order valence-corrected chi connectivity index (χ0v) is 14.4. The summed E-state index contributed by atoms with van der Waals surface area (Å²) >= 11 is 0. The van der Waals surface area contributed by atoms with Crippen molar-refractivity contribution in [2.24, 2.45) is 0 Å². The molecule has 1 rings (SSSR count). The van der Waals surface area contributed by atoms with Gasteiger partial charge in [-0.25, -0.2) is 8.42 Å². The van der Waals surface area contributed by atoms with Crippen LogP contribution >= 0.6 is 0 Å². The van der Waals surface area contributed by atoms with Gasteiger partial charge < -0.3 is 15.2 Å². The summed E-state index contributed by atoms with van der Waals surface area (Å²) < 4.78 is 37.7. The number of rotatable bonds is 10. The maximum atomic E-state index is 12.7. The first-order valence-corrected chi connectivity index (χ1v) is 8.77. The number of sulfonamides is 1. The van der Waals surface area contributed by atoms with E-state index in [2.05, 4.69) is 13.2 Å². The standard InChI is InChI=1S/C16H24N2O4S/c1-5-9-21-14-11-13(17)16(12-15(14)22-10-6-2)23(19,20)18(7-3)8-4/h5-6,11-12H,1-2,7-10,17H2,3-4H3. The molecule has 0 radical (unpaired) electrons. The molecule has 128 valence electrons. The highest BCUT2D eigenvalue weighted by Gasteiger charge is 2.26. The number of anilines is 1. The van der Waals surface area contributed by atoms with Gasteiger partial charge in [-0.15, -0.1) is 0 Å². The SMILES string of the molecule is C=CCOc1cc(N)c(S(=O)(=O)N(CC)CC)cc1OCC=C. The van der Waals surface area contributed by atoms with Crippen LogP contribution < -0.4 is 15.2 Å². The molecule has 0 atom stereocenters.